The standard InChI is InChI=1S/C11H7BrClN3O3S/c1-20-11-14-9(13)5-10(15-11)19-8-4-6(16(17)18)2-3-7(8)12/h2-5H,1H3. The number of rotatable bonds is 4. The molecule has 0 saturated heterocycles. The summed E-state index contributed by atoms with van der Waals surface area (Å²) in [7, 11) is 0. The van der Waals surface area contributed by atoms with Crippen molar-refractivity contribution in [3.8, 4) is 11.6 Å². The van der Waals surface area contributed by atoms with Crippen LogP contribution in [0.4, 0.5) is 5.69 Å². The van der Waals surface area contributed by atoms with Crippen LogP contribution >= 0.6 is 39.3 Å². The summed E-state index contributed by atoms with van der Waals surface area (Å²) in [5.74, 6) is 0.497. The molecular formula is C11H7BrClN3O3S. The number of benzene rings is 1. The molecule has 0 aliphatic carbocycles. The van der Waals surface area contributed by atoms with Gasteiger partial charge in [0.05, 0.1) is 15.5 Å². The van der Waals surface area contributed by atoms with Crippen LogP contribution in [0.5, 0.6) is 11.6 Å². The third-order valence-corrected chi connectivity index (χ3v) is 3.57. The lowest BCUT2D eigenvalue weighted by Crippen LogP contribution is -1.94. The largest absolute Gasteiger partial charge is 0.437 e. The van der Waals surface area contributed by atoms with Crippen LogP contribution in [0, 0.1) is 10.1 Å². The highest BCUT2D eigenvalue weighted by Gasteiger charge is 2.13. The van der Waals surface area contributed by atoms with E-state index >= 15 is 0 Å². The number of thioether (sulfide) groups is 1. The average Bonchev–Trinajstić information content (AvgIpc) is 2.40. The molecular weight excluding hydrogens is 370 g/mol. The second kappa shape index (κ2) is 6.38. The van der Waals surface area contributed by atoms with Gasteiger partial charge >= 0.3 is 0 Å². The molecule has 20 heavy (non-hydrogen) atoms. The second-order valence-corrected chi connectivity index (χ2v) is 5.50. The first-order valence-electron chi connectivity index (χ1n) is 5.20. The van der Waals surface area contributed by atoms with Gasteiger partial charge in [-0.2, -0.15) is 4.98 Å². The number of aromatic nitrogens is 2. The van der Waals surface area contributed by atoms with E-state index in [0.717, 1.165) is 0 Å². The summed E-state index contributed by atoms with van der Waals surface area (Å²) in [6, 6.07) is 5.65. The van der Waals surface area contributed by atoms with Crippen molar-refractivity contribution in [3.63, 3.8) is 0 Å². The molecule has 0 aliphatic rings. The van der Waals surface area contributed by atoms with Crippen molar-refractivity contribution in [2.75, 3.05) is 6.26 Å². The first kappa shape index (κ1) is 15.0. The minimum atomic E-state index is -0.500. The lowest BCUT2D eigenvalue weighted by Gasteiger charge is -2.07. The van der Waals surface area contributed by atoms with Crippen molar-refractivity contribution in [3.05, 3.63) is 44.0 Å². The fraction of sp³-hybridized carbons (Fsp3) is 0.0909. The third-order valence-electron chi connectivity index (χ3n) is 2.17. The zero-order valence-electron chi connectivity index (χ0n) is 10.0. The molecule has 0 atom stereocenters. The molecule has 0 amide bonds. The molecule has 0 N–H and O–H groups in total. The molecule has 6 nitrogen and oxygen atoms in total. The van der Waals surface area contributed by atoms with Gasteiger partial charge in [0.15, 0.2) is 10.9 Å². The molecule has 1 aromatic heterocycles. The summed E-state index contributed by atoms with van der Waals surface area (Å²) in [6.45, 7) is 0. The molecule has 1 aromatic carbocycles. The SMILES string of the molecule is CSc1nc(Cl)cc(Oc2cc([N+](=O)[O-])ccc2Br)n1. The van der Waals surface area contributed by atoms with Gasteiger partial charge in [-0.05, 0) is 28.3 Å². The van der Waals surface area contributed by atoms with Crippen LogP contribution in [0.2, 0.25) is 5.15 Å². The van der Waals surface area contributed by atoms with E-state index in [4.69, 9.17) is 16.3 Å². The van der Waals surface area contributed by atoms with Gasteiger partial charge in [-0.1, -0.05) is 23.4 Å². The summed E-state index contributed by atoms with van der Waals surface area (Å²) in [5.41, 5.74) is -0.0755. The number of nitrogens with zero attached hydrogens (tertiary/aromatic N) is 3. The van der Waals surface area contributed by atoms with Crippen LogP contribution in [0.1, 0.15) is 0 Å². The Hall–Kier alpha value is -1.38. The Balaban J connectivity index is 2.36. The molecule has 0 unspecified atom stereocenters. The summed E-state index contributed by atoms with van der Waals surface area (Å²) < 4.78 is 6.10. The van der Waals surface area contributed by atoms with E-state index in [-0.39, 0.29) is 22.5 Å². The first-order chi connectivity index (χ1) is 9.49. The third kappa shape index (κ3) is 3.59. The highest BCUT2D eigenvalue weighted by molar-refractivity contribution is 9.10. The minimum Gasteiger partial charge on any atom is -0.437 e. The van der Waals surface area contributed by atoms with E-state index in [0.29, 0.717) is 9.63 Å². The molecule has 0 saturated carbocycles. The van der Waals surface area contributed by atoms with E-state index in [1.165, 1.54) is 36.0 Å². The van der Waals surface area contributed by atoms with Gasteiger partial charge in [0.2, 0.25) is 5.88 Å². The molecule has 0 fully saturated rings. The molecule has 0 bridgehead atoms. The number of non-ortho nitro benzene ring substituents is 1. The van der Waals surface area contributed by atoms with Crippen LogP contribution in [-0.2, 0) is 0 Å². The van der Waals surface area contributed by atoms with Crippen molar-refractivity contribution in [2.24, 2.45) is 0 Å². The van der Waals surface area contributed by atoms with E-state index in [9.17, 15) is 10.1 Å². The maximum absolute atomic E-state index is 10.8. The van der Waals surface area contributed by atoms with Gasteiger partial charge in [-0.15, -0.1) is 0 Å². The Morgan fingerprint density at radius 2 is 2.15 bits per heavy atom. The molecule has 1 heterocycles. The van der Waals surface area contributed by atoms with Crippen LogP contribution in [0.25, 0.3) is 0 Å². The molecule has 2 rings (SSSR count). The van der Waals surface area contributed by atoms with Gasteiger partial charge in [-0.3, -0.25) is 10.1 Å². The summed E-state index contributed by atoms with van der Waals surface area (Å²) >= 11 is 10.4. The van der Waals surface area contributed by atoms with Gasteiger partial charge in [0.25, 0.3) is 5.69 Å². The second-order valence-electron chi connectivity index (χ2n) is 3.49. The summed E-state index contributed by atoms with van der Waals surface area (Å²) in [6.07, 6.45) is 1.80. The monoisotopic (exact) mass is 375 g/mol. The first-order valence-corrected chi connectivity index (χ1v) is 7.59. The maximum Gasteiger partial charge on any atom is 0.273 e. The van der Waals surface area contributed by atoms with Crippen LogP contribution < -0.4 is 4.74 Å². The topological polar surface area (TPSA) is 78.2 Å². The number of ether oxygens (including phenoxy) is 1. The summed E-state index contributed by atoms with van der Waals surface area (Å²) in [4.78, 5) is 18.4. The van der Waals surface area contributed by atoms with E-state index in [2.05, 4.69) is 25.9 Å². The zero-order valence-corrected chi connectivity index (χ0v) is 13.2. The Morgan fingerprint density at radius 1 is 1.40 bits per heavy atom. The Kier molecular flexibility index (Phi) is 4.79. The van der Waals surface area contributed by atoms with Crippen molar-refractivity contribution < 1.29 is 9.66 Å². The fourth-order valence-electron chi connectivity index (χ4n) is 1.32. The van der Waals surface area contributed by atoms with Crippen LogP contribution in [0.15, 0.2) is 33.9 Å². The van der Waals surface area contributed by atoms with Crippen molar-refractivity contribution in [1.82, 2.24) is 9.97 Å². The molecule has 9 heteroatoms. The highest BCUT2D eigenvalue weighted by Crippen LogP contribution is 2.33. The molecule has 0 aliphatic heterocycles. The fourth-order valence-corrected chi connectivity index (χ4v) is 2.24. The molecule has 2 aromatic rings. The van der Waals surface area contributed by atoms with Crippen LogP contribution in [0.3, 0.4) is 0 Å². The lowest BCUT2D eigenvalue weighted by atomic mass is 10.3. The normalized spacial score (nSPS) is 10.3. The Morgan fingerprint density at radius 3 is 2.80 bits per heavy atom. The summed E-state index contributed by atoms with van der Waals surface area (Å²) in [5, 5.41) is 11.4. The van der Waals surface area contributed by atoms with Gasteiger partial charge < -0.3 is 4.74 Å². The van der Waals surface area contributed by atoms with E-state index in [1.807, 2.05) is 0 Å². The molecule has 104 valence electrons. The number of nitro groups is 1. The van der Waals surface area contributed by atoms with Gasteiger partial charge in [0, 0.05) is 12.1 Å². The van der Waals surface area contributed by atoms with E-state index in [1.54, 1.807) is 6.26 Å². The average molecular weight is 377 g/mol. The van der Waals surface area contributed by atoms with Crippen LogP contribution in [-0.4, -0.2) is 21.1 Å². The van der Waals surface area contributed by atoms with Crippen molar-refractivity contribution in [1.29, 1.82) is 0 Å². The molecule has 0 spiro atoms. The number of hydrogen-bond donors (Lipinski definition) is 0. The number of nitro benzene ring substituents is 1. The van der Waals surface area contributed by atoms with Crippen molar-refractivity contribution in [2.45, 2.75) is 5.16 Å². The Bertz CT molecular complexity index is 671. The minimum absolute atomic E-state index is 0.0755. The van der Waals surface area contributed by atoms with Gasteiger partial charge in [0.1, 0.15) is 5.15 Å². The van der Waals surface area contributed by atoms with Gasteiger partial charge in [-0.25, -0.2) is 4.98 Å². The predicted molar refractivity (Wildman–Crippen MR) is 79.7 cm³/mol. The Labute approximate surface area is 131 Å². The number of halogens is 2. The smallest absolute Gasteiger partial charge is 0.273 e. The quantitative estimate of drug-likeness (QED) is 0.260. The number of hydrogen-bond acceptors (Lipinski definition) is 6. The van der Waals surface area contributed by atoms with Crippen molar-refractivity contribution >= 4 is 45.0 Å². The molecule has 0 radical (unpaired) electrons. The predicted octanol–water partition coefficient (Wildman–Crippen LogP) is 4.31. The lowest BCUT2D eigenvalue weighted by molar-refractivity contribution is -0.384. The maximum atomic E-state index is 10.8. The highest BCUT2D eigenvalue weighted by atomic mass is 79.9. The zero-order chi connectivity index (χ0) is 14.7. The van der Waals surface area contributed by atoms with E-state index < -0.39 is 4.92 Å².